The molecule has 106 valence electrons. The lowest BCUT2D eigenvalue weighted by Crippen LogP contribution is -2.04. The number of furan rings is 1. The first kappa shape index (κ1) is 14.2. The average Bonchev–Trinajstić information content (AvgIpc) is 2.85. The Morgan fingerprint density at radius 1 is 1.14 bits per heavy atom. The third kappa shape index (κ3) is 2.45. The summed E-state index contributed by atoms with van der Waals surface area (Å²) in [6.45, 7) is 1.96. The highest BCUT2D eigenvalue weighted by atomic mass is 35.5. The molecule has 0 fully saturated rings. The molecular weight excluding hydrogens is 307 g/mol. The number of benzene rings is 2. The van der Waals surface area contributed by atoms with Crippen molar-refractivity contribution in [3.63, 3.8) is 0 Å². The first-order valence-corrected chi connectivity index (χ1v) is 7.37. The standard InChI is InChI=1S/C17H12Cl2O2/c1-2-14-16(12-5-3-4-6-15(12)21-14)17(20)11-8-7-10(18)9-13(11)19/h3-9H,2H2,1H3. The number of hydrogen-bond acceptors (Lipinski definition) is 2. The lowest BCUT2D eigenvalue weighted by Gasteiger charge is -2.04. The Hall–Kier alpha value is -1.77. The largest absolute Gasteiger partial charge is 0.460 e. The van der Waals surface area contributed by atoms with E-state index in [-0.39, 0.29) is 5.78 Å². The van der Waals surface area contributed by atoms with E-state index < -0.39 is 0 Å². The molecule has 0 amide bonds. The van der Waals surface area contributed by atoms with Crippen LogP contribution in [-0.2, 0) is 6.42 Å². The Bertz CT molecular complexity index is 834. The molecule has 1 heterocycles. The third-order valence-corrected chi connectivity index (χ3v) is 3.94. The van der Waals surface area contributed by atoms with Gasteiger partial charge in [-0.05, 0) is 24.3 Å². The summed E-state index contributed by atoms with van der Waals surface area (Å²) in [6, 6.07) is 12.4. The fourth-order valence-corrected chi connectivity index (χ4v) is 2.90. The highest BCUT2D eigenvalue weighted by Crippen LogP contribution is 2.31. The molecule has 3 rings (SSSR count). The van der Waals surface area contributed by atoms with Crippen LogP contribution in [0.4, 0.5) is 0 Å². The summed E-state index contributed by atoms with van der Waals surface area (Å²) < 4.78 is 5.76. The lowest BCUT2D eigenvalue weighted by molar-refractivity contribution is 0.103. The van der Waals surface area contributed by atoms with E-state index in [0.29, 0.717) is 38.9 Å². The zero-order chi connectivity index (χ0) is 15.0. The number of halogens is 2. The van der Waals surface area contributed by atoms with Gasteiger partial charge in [0.2, 0.25) is 0 Å². The van der Waals surface area contributed by atoms with Crippen molar-refractivity contribution in [2.24, 2.45) is 0 Å². The minimum atomic E-state index is -0.140. The highest BCUT2D eigenvalue weighted by molar-refractivity contribution is 6.38. The molecule has 4 heteroatoms. The molecule has 0 saturated carbocycles. The van der Waals surface area contributed by atoms with Gasteiger partial charge in [-0.15, -0.1) is 0 Å². The van der Waals surface area contributed by atoms with Crippen LogP contribution in [0.3, 0.4) is 0 Å². The summed E-state index contributed by atoms with van der Waals surface area (Å²) in [5, 5.41) is 1.66. The van der Waals surface area contributed by atoms with Crippen LogP contribution in [-0.4, -0.2) is 5.78 Å². The smallest absolute Gasteiger partial charge is 0.198 e. The molecule has 2 aromatic carbocycles. The van der Waals surface area contributed by atoms with E-state index in [1.54, 1.807) is 18.2 Å². The molecule has 0 spiro atoms. The number of para-hydroxylation sites is 1. The molecule has 3 aromatic rings. The second-order valence-corrected chi connectivity index (χ2v) is 5.55. The van der Waals surface area contributed by atoms with Gasteiger partial charge in [0.25, 0.3) is 0 Å². The lowest BCUT2D eigenvalue weighted by atomic mass is 9.99. The average molecular weight is 319 g/mol. The van der Waals surface area contributed by atoms with Gasteiger partial charge in [-0.3, -0.25) is 4.79 Å². The number of fused-ring (bicyclic) bond motifs is 1. The van der Waals surface area contributed by atoms with E-state index in [4.69, 9.17) is 27.6 Å². The first-order valence-electron chi connectivity index (χ1n) is 6.62. The molecule has 0 atom stereocenters. The molecule has 0 unspecified atom stereocenters. The summed E-state index contributed by atoms with van der Waals surface area (Å²) in [5.74, 6) is 0.533. The Morgan fingerprint density at radius 2 is 1.90 bits per heavy atom. The molecule has 2 nitrogen and oxygen atoms in total. The summed E-state index contributed by atoms with van der Waals surface area (Å²) in [6.07, 6.45) is 0.640. The molecule has 21 heavy (non-hydrogen) atoms. The van der Waals surface area contributed by atoms with Crippen LogP contribution in [0.1, 0.15) is 28.6 Å². The van der Waals surface area contributed by atoms with Crippen LogP contribution in [0, 0.1) is 0 Å². The molecule has 0 aliphatic carbocycles. The fraction of sp³-hybridized carbons (Fsp3) is 0.118. The SMILES string of the molecule is CCc1oc2ccccc2c1C(=O)c1ccc(Cl)cc1Cl. The maximum absolute atomic E-state index is 12.8. The van der Waals surface area contributed by atoms with Gasteiger partial charge in [-0.1, -0.05) is 48.3 Å². The number of aryl methyl sites for hydroxylation is 1. The second-order valence-electron chi connectivity index (χ2n) is 4.70. The van der Waals surface area contributed by atoms with Crippen molar-refractivity contribution in [3.05, 3.63) is 69.4 Å². The molecule has 0 radical (unpaired) electrons. The van der Waals surface area contributed by atoms with Gasteiger partial charge in [-0.25, -0.2) is 0 Å². The van der Waals surface area contributed by atoms with E-state index in [9.17, 15) is 4.79 Å². The summed E-state index contributed by atoms with van der Waals surface area (Å²) in [5.41, 5.74) is 1.72. The Morgan fingerprint density at radius 3 is 2.62 bits per heavy atom. The van der Waals surface area contributed by atoms with E-state index >= 15 is 0 Å². The summed E-state index contributed by atoms with van der Waals surface area (Å²) in [7, 11) is 0. The van der Waals surface area contributed by atoms with Gasteiger partial charge in [0.1, 0.15) is 11.3 Å². The predicted molar refractivity (Wildman–Crippen MR) is 85.5 cm³/mol. The Balaban J connectivity index is 2.21. The van der Waals surface area contributed by atoms with Crippen LogP contribution in [0.2, 0.25) is 10.0 Å². The second kappa shape index (κ2) is 5.55. The maximum Gasteiger partial charge on any atom is 0.198 e. The quantitative estimate of drug-likeness (QED) is 0.594. The molecule has 0 N–H and O–H groups in total. The zero-order valence-electron chi connectivity index (χ0n) is 11.3. The van der Waals surface area contributed by atoms with Crippen LogP contribution in [0.15, 0.2) is 46.9 Å². The molecule has 0 aliphatic heterocycles. The number of carbonyl (C=O) groups excluding carboxylic acids is 1. The van der Waals surface area contributed by atoms with Crippen molar-refractivity contribution in [2.45, 2.75) is 13.3 Å². The number of ketones is 1. The maximum atomic E-state index is 12.8. The van der Waals surface area contributed by atoms with Crippen molar-refractivity contribution < 1.29 is 9.21 Å². The minimum Gasteiger partial charge on any atom is -0.460 e. The number of rotatable bonds is 3. The van der Waals surface area contributed by atoms with E-state index in [0.717, 1.165) is 5.39 Å². The summed E-state index contributed by atoms with van der Waals surface area (Å²) in [4.78, 5) is 12.8. The molecular formula is C17H12Cl2O2. The molecule has 0 aliphatic rings. The van der Waals surface area contributed by atoms with Gasteiger partial charge in [0.15, 0.2) is 5.78 Å². The van der Waals surface area contributed by atoms with Crippen LogP contribution in [0.25, 0.3) is 11.0 Å². The predicted octanol–water partition coefficient (Wildman–Crippen LogP) is 5.53. The van der Waals surface area contributed by atoms with Crippen molar-refractivity contribution in [3.8, 4) is 0 Å². The van der Waals surface area contributed by atoms with Crippen molar-refractivity contribution in [1.82, 2.24) is 0 Å². The van der Waals surface area contributed by atoms with E-state index in [1.807, 2.05) is 31.2 Å². The topological polar surface area (TPSA) is 30.2 Å². The van der Waals surface area contributed by atoms with Crippen LogP contribution >= 0.6 is 23.2 Å². The van der Waals surface area contributed by atoms with Crippen LogP contribution in [0.5, 0.6) is 0 Å². The number of hydrogen-bond donors (Lipinski definition) is 0. The third-order valence-electron chi connectivity index (χ3n) is 3.39. The number of carbonyl (C=O) groups is 1. The monoisotopic (exact) mass is 318 g/mol. The minimum absolute atomic E-state index is 0.140. The van der Waals surface area contributed by atoms with Gasteiger partial charge >= 0.3 is 0 Å². The molecule has 0 saturated heterocycles. The molecule has 1 aromatic heterocycles. The fourth-order valence-electron chi connectivity index (χ4n) is 2.40. The zero-order valence-corrected chi connectivity index (χ0v) is 12.8. The molecule has 0 bridgehead atoms. The Kier molecular flexibility index (Phi) is 3.75. The van der Waals surface area contributed by atoms with Gasteiger partial charge in [0, 0.05) is 22.4 Å². The van der Waals surface area contributed by atoms with Gasteiger partial charge in [0.05, 0.1) is 10.6 Å². The van der Waals surface area contributed by atoms with Gasteiger partial charge < -0.3 is 4.42 Å². The highest BCUT2D eigenvalue weighted by Gasteiger charge is 2.22. The van der Waals surface area contributed by atoms with Crippen molar-refractivity contribution in [2.75, 3.05) is 0 Å². The van der Waals surface area contributed by atoms with E-state index in [1.165, 1.54) is 0 Å². The van der Waals surface area contributed by atoms with E-state index in [2.05, 4.69) is 0 Å². The Labute approximate surface area is 132 Å². The normalized spacial score (nSPS) is 11.0. The van der Waals surface area contributed by atoms with Gasteiger partial charge in [-0.2, -0.15) is 0 Å². The first-order chi connectivity index (χ1) is 10.1. The van der Waals surface area contributed by atoms with Crippen molar-refractivity contribution in [1.29, 1.82) is 0 Å². The van der Waals surface area contributed by atoms with Crippen molar-refractivity contribution >= 4 is 40.0 Å². The summed E-state index contributed by atoms with van der Waals surface area (Å²) >= 11 is 12.0. The van der Waals surface area contributed by atoms with Crippen LogP contribution < -0.4 is 0 Å².